The molecule has 0 aliphatic carbocycles. The van der Waals surface area contributed by atoms with Crippen LogP contribution in [-0.4, -0.2) is 30.8 Å². The van der Waals surface area contributed by atoms with E-state index in [-0.39, 0.29) is 12.5 Å². The van der Waals surface area contributed by atoms with Gasteiger partial charge in [-0.3, -0.25) is 9.59 Å². The van der Waals surface area contributed by atoms with Crippen LogP contribution in [0, 0.1) is 0 Å². The number of hydrogen-bond donors (Lipinski definition) is 2. The van der Waals surface area contributed by atoms with Gasteiger partial charge in [0.1, 0.15) is 16.3 Å². The highest BCUT2D eigenvalue weighted by molar-refractivity contribution is 7.12. The molecule has 1 aromatic heterocycles. The van der Waals surface area contributed by atoms with Gasteiger partial charge in [0.05, 0.1) is 6.21 Å². The second-order valence-electron chi connectivity index (χ2n) is 8.13. The van der Waals surface area contributed by atoms with Crippen molar-refractivity contribution in [3.05, 3.63) is 118 Å². The van der Waals surface area contributed by atoms with E-state index in [9.17, 15) is 14.4 Å². The van der Waals surface area contributed by atoms with Gasteiger partial charge in [-0.1, -0.05) is 42.5 Å². The molecule has 0 saturated carbocycles. The summed E-state index contributed by atoms with van der Waals surface area (Å²) in [6.45, 7) is 0.115. The van der Waals surface area contributed by atoms with Crippen molar-refractivity contribution in [2.24, 2.45) is 5.10 Å². The number of benzene rings is 3. The van der Waals surface area contributed by atoms with Crippen molar-refractivity contribution < 1.29 is 28.6 Å². The molecule has 0 saturated heterocycles. The predicted octanol–water partition coefficient (Wildman–Crippen LogP) is 4.62. The summed E-state index contributed by atoms with van der Waals surface area (Å²) < 4.78 is 16.1. The lowest BCUT2D eigenvalue weighted by molar-refractivity contribution is -0.117. The van der Waals surface area contributed by atoms with Crippen molar-refractivity contribution in [1.82, 2.24) is 10.7 Å². The Kier molecular flexibility index (Phi) is 7.75. The van der Waals surface area contributed by atoms with E-state index in [4.69, 9.17) is 14.2 Å². The van der Waals surface area contributed by atoms with Crippen LogP contribution in [-0.2, 0) is 4.79 Å². The molecule has 3 aromatic carbocycles. The van der Waals surface area contributed by atoms with Gasteiger partial charge < -0.3 is 19.5 Å². The quantitative estimate of drug-likeness (QED) is 0.111. The number of amides is 2. The molecule has 0 radical (unpaired) electrons. The zero-order valence-corrected chi connectivity index (χ0v) is 21.1. The van der Waals surface area contributed by atoms with Gasteiger partial charge in [-0.25, -0.2) is 10.2 Å². The maximum Gasteiger partial charge on any atom is 0.353 e. The summed E-state index contributed by atoms with van der Waals surface area (Å²) in [6.07, 6.45) is 2.91. The fourth-order valence-corrected chi connectivity index (χ4v) is 4.15. The molecule has 9 nitrogen and oxygen atoms in total. The van der Waals surface area contributed by atoms with E-state index in [0.29, 0.717) is 38.8 Å². The van der Waals surface area contributed by atoms with Crippen molar-refractivity contribution in [3.8, 4) is 17.2 Å². The van der Waals surface area contributed by atoms with Crippen LogP contribution in [0.2, 0.25) is 0 Å². The Balaban J connectivity index is 1.30. The van der Waals surface area contributed by atoms with Crippen molar-refractivity contribution >= 4 is 41.4 Å². The summed E-state index contributed by atoms with van der Waals surface area (Å²) in [6, 6.07) is 23.8. The molecule has 2 amide bonds. The van der Waals surface area contributed by atoms with E-state index < -0.39 is 17.8 Å². The third-order valence-corrected chi connectivity index (χ3v) is 6.26. The van der Waals surface area contributed by atoms with Gasteiger partial charge >= 0.3 is 5.97 Å². The fourth-order valence-electron chi connectivity index (χ4n) is 3.55. The first-order valence-corrected chi connectivity index (χ1v) is 12.6. The van der Waals surface area contributed by atoms with E-state index in [0.717, 1.165) is 0 Å². The molecule has 0 spiro atoms. The Bertz CT molecular complexity index is 1570. The maximum absolute atomic E-state index is 13.1. The molecule has 10 heteroatoms. The number of nitrogens with one attached hydrogen (secondary N) is 2. The van der Waals surface area contributed by atoms with Crippen molar-refractivity contribution in [1.29, 1.82) is 0 Å². The number of rotatable bonds is 8. The van der Waals surface area contributed by atoms with Crippen LogP contribution in [0.25, 0.3) is 6.08 Å². The highest BCUT2D eigenvalue weighted by atomic mass is 32.1. The van der Waals surface area contributed by atoms with E-state index in [1.54, 1.807) is 90.3 Å². The summed E-state index contributed by atoms with van der Waals surface area (Å²) in [5, 5.41) is 8.45. The number of nitrogens with zero attached hydrogens (tertiary/aromatic N) is 1. The molecule has 4 aromatic rings. The standard InChI is InChI=1S/C29H21N3O6S/c33-27(21-7-2-1-3-8-21)31-23(15-19-11-12-24-25(16-19)37-18-36-24)28(34)32-30-17-20-6-4-9-22(14-20)38-29(35)26-10-5-13-39-26/h1-17H,18H2,(H,31,33)(H,32,34). The second kappa shape index (κ2) is 11.9. The fraction of sp³-hybridized carbons (Fsp3) is 0.0345. The van der Waals surface area contributed by atoms with Crippen LogP contribution >= 0.6 is 11.3 Å². The average Bonchev–Trinajstić information content (AvgIpc) is 3.66. The van der Waals surface area contributed by atoms with Crippen molar-refractivity contribution in [3.63, 3.8) is 0 Å². The van der Waals surface area contributed by atoms with Crippen LogP contribution in [0.3, 0.4) is 0 Å². The first-order valence-electron chi connectivity index (χ1n) is 11.7. The molecule has 2 heterocycles. The highest BCUT2D eigenvalue weighted by Gasteiger charge is 2.17. The molecule has 0 bridgehead atoms. The average molecular weight is 540 g/mol. The third kappa shape index (κ3) is 6.56. The van der Waals surface area contributed by atoms with Crippen LogP contribution in [0.4, 0.5) is 0 Å². The van der Waals surface area contributed by atoms with Crippen molar-refractivity contribution in [2.75, 3.05) is 6.79 Å². The number of hydrazone groups is 1. The van der Waals surface area contributed by atoms with Gasteiger partial charge in [0.25, 0.3) is 11.8 Å². The molecular weight excluding hydrogens is 518 g/mol. The zero-order chi connectivity index (χ0) is 27.0. The number of fused-ring (bicyclic) bond motifs is 1. The second-order valence-corrected chi connectivity index (χ2v) is 9.08. The predicted molar refractivity (Wildman–Crippen MR) is 146 cm³/mol. The van der Waals surface area contributed by atoms with Crippen molar-refractivity contribution in [2.45, 2.75) is 0 Å². The largest absolute Gasteiger partial charge is 0.454 e. The van der Waals surface area contributed by atoms with E-state index in [1.807, 2.05) is 0 Å². The summed E-state index contributed by atoms with van der Waals surface area (Å²) in [5.41, 5.74) is 3.99. The molecule has 39 heavy (non-hydrogen) atoms. The van der Waals surface area contributed by atoms with Crippen LogP contribution in [0.5, 0.6) is 17.2 Å². The molecule has 2 N–H and O–H groups in total. The Hall–Kier alpha value is -5.22. The molecule has 0 unspecified atom stereocenters. The smallest absolute Gasteiger partial charge is 0.353 e. The first kappa shape index (κ1) is 25.4. The Morgan fingerprint density at radius 2 is 1.72 bits per heavy atom. The first-order chi connectivity index (χ1) is 19.0. The van der Waals surface area contributed by atoms with Gasteiger partial charge in [-0.05, 0) is 65.0 Å². The maximum atomic E-state index is 13.1. The van der Waals surface area contributed by atoms with Crippen LogP contribution in [0.1, 0.15) is 31.2 Å². The van der Waals surface area contributed by atoms with Crippen LogP contribution < -0.4 is 25.0 Å². The Labute approximate surface area is 227 Å². The van der Waals surface area contributed by atoms with Gasteiger partial charge in [0.15, 0.2) is 11.5 Å². The van der Waals surface area contributed by atoms with E-state index >= 15 is 0 Å². The SMILES string of the molecule is O=C(NN=Cc1cccc(OC(=O)c2cccs2)c1)C(=Cc1ccc2c(c1)OCO2)NC(=O)c1ccccc1. The zero-order valence-electron chi connectivity index (χ0n) is 20.3. The highest BCUT2D eigenvalue weighted by Crippen LogP contribution is 2.33. The molecule has 5 rings (SSSR count). The third-order valence-electron chi connectivity index (χ3n) is 5.41. The molecule has 1 aliphatic heterocycles. The minimum Gasteiger partial charge on any atom is -0.454 e. The number of carbonyl (C=O) groups excluding carboxylic acids is 3. The summed E-state index contributed by atoms with van der Waals surface area (Å²) in [7, 11) is 0. The monoisotopic (exact) mass is 539 g/mol. The van der Waals surface area contributed by atoms with E-state index in [1.165, 1.54) is 23.6 Å². The number of thiophene rings is 1. The lowest BCUT2D eigenvalue weighted by Crippen LogP contribution is -2.32. The number of hydrogen-bond acceptors (Lipinski definition) is 8. The number of esters is 1. The van der Waals surface area contributed by atoms with Gasteiger partial charge in [-0.15, -0.1) is 11.3 Å². The summed E-state index contributed by atoms with van der Waals surface area (Å²) in [4.78, 5) is 38.5. The molecule has 0 fully saturated rings. The lowest BCUT2D eigenvalue weighted by atomic mass is 10.1. The van der Waals surface area contributed by atoms with Gasteiger partial charge in [0.2, 0.25) is 6.79 Å². The van der Waals surface area contributed by atoms with Gasteiger partial charge in [-0.2, -0.15) is 5.10 Å². The normalized spacial score (nSPS) is 12.3. The molecule has 194 valence electrons. The topological polar surface area (TPSA) is 115 Å². The minimum absolute atomic E-state index is 0.0292. The lowest BCUT2D eigenvalue weighted by Gasteiger charge is -2.09. The number of carbonyl (C=O) groups is 3. The summed E-state index contributed by atoms with van der Waals surface area (Å²) >= 11 is 1.29. The molecular formula is C29H21N3O6S. The van der Waals surface area contributed by atoms with Gasteiger partial charge in [0, 0.05) is 5.56 Å². The molecule has 1 aliphatic rings. The molecule has 0 atom stereocenters. The number of ether oxygens (including phenoxy) is 3. The Morgan fingerprint density at radius 1 is 0.872 bits per heavy atom. The minimum atomic E-state index is -0.645. The van der Waals surface area contributed by atoms with E-state index in [2.05, 4.69) is 15.8 Å². The Morgan fingerprint density at radius 3 is 2.54 bits per heavy atom. The van der Waals surface area contributed by atoms with Crippen LogP contribution in [0.15, 0.2) is 101 Å². The summed E-state index contributed by atoms with van der Waals surface area (Å²) in [5.74, 6) is -0.0903.